The van der Waals surface area contributed by atoms with Crippen LogP contribution in [0.2, 0.25) is 0 Å². The normalized spacial score (nSPS) is 11.7. The number of aryl methyl sites for hydroxylation is 1. The quantitative estimate of drug-likeness (QED) is 0.787. The number of hydrogen-bond donors (Lipinski definition) is 2. The van der Waals surface area contributed by atoms with Crippen LogP contribution >= 0.6 is 0 Å². The third kappa shape index (κ3) is 3.16. The maximum absolute atomic E-state index is 12.0. The summed E-state index contributed by atoms with van der Waals surface area (Å²) in [6.07, 6.45) is 1.51. The number of benzene rings is 1. The van der Waals surface area contributed by atoms with Crippen molar-refractivity contribution in [2.24, 2.45) is 12.8 Å². The van der Waals surface area contributed by atoms with Crippen molar-refractivity contribution in [3.8, 4) is 0 Å². The van der Waals surface area contributed by atoms with E-state index in [-0.39, 0.29) is 11.4 Å². The fourth-order valence-electron chi connectivity index (χ4n) is 1.51. The number of sulfonamides is 1. The molecule has 0 aliphatic heterocycles. The Morgan fingerprint density at radius 3 is 2.53 bits per heavy atom. The molecule has 0 aliphatic carbocycles. The molecule has 0 unspecified atom stereocenters. The van der Waals surface area contributed by atoms with Gasteiger partial charge in [-0.2, -0.15) is 0 Å². The third-order valence-electron chi connectivity index (χ3n) is 2.69. The van der Waals surface area contributed by atoms with Crippen molar-refractivity contribution in [3.63, 3.8) is 0 Å². The largest absolute Gasteiger partial charge is 0.326 e. The van der Waals surface area contributed by atoms with Crippen LogP contribution in [0.5, 0.6) is 0 Å². The van der Waals surface area contributed by atoms with Gasteiger partial charge in [-0.05, 0) is 17.7 Å². The van der Waals surface area contributed by atoms with Crippen molar-refractivity contribution in [2.75, 3.05) is 0 Å². The van der Waals surface area contributed by atoms with Crippen molar-refractivity contribution in [1.29, 1.82) is 0 Å². The lowest BCUT2D eigenvalue weighted by atomic mass is 10.2. The number of aromatic nitrogens is 3. The zero-order chi connectivity index (χ0) is 13.9. The molecule has 0 amide bonds. The highest BCUT2D eigenvalue weighted by Gasteiger charge is 2.14. The number of nitrogens with one attached hydrogen (secondary N) is 1. The van der Waals surface area contributed by atoms with Gasteiger partial charge < -0.3 is 10.3 Å². The van der Waals surface area contributed by atoms with Crippen LogP contribution in [0.1, 0.15) is 11.4 Å². The molecule has 3 N–H and O–H groups in total. The fourth-order valence-corrected chi connectivity index (χ4v) is 2.49. The highest BCUT2D eigenvalue weighted by atomic mass is 32.2. The second kappa shape index (κ2) is 5.47. The lowest BCUT2D eigenvalue weighted by Crippen LogP contribution is -2.24. The zero-order valence-electron chi connectivity index (χ0n) is 10.4. The molecule has 0 spiro atoms. The standard InChI is InChI=1S/C11H15N5O2S/c1-16-8-13-15-11(16)7-14-19(17,18)10-4-2-9(6-12)3-5-10/h2-5,8,14H,6-7,12H2,1H3. The molecule has 19 heavy (non-hydrogen) atoms. The highest BCUT2D eigenvalue weighted by molar-refractivity contribution is 7.89. The van der Waals surface area contributed by atoms with Crippen LogP contribution in [-0.2, 0) is 30.2 Å². The summed E-state index contributed by atoms with van der Waals surface area (Å²) in [5, 5.41) is 7.49. The summed E-state index contributed by atoms with van der Waals surface area (Å²) in [7, 11) is -1.80. The molecule has 7 nitrogen and oxygen atoms in total. The van der Waals surface area contributed by atoms with Gasteiger partial charge in [0.2, 0.25) is 10.0 Å². The van der Waals surface area contributed by atoms with Gasteiger partial charge in [0.25, 0.3) is 0 Å². The lowest BCUT2D eigenvalue weighted by molar-refractivity contribution is 0.577. The first-order chi connectivity index (χ1) is 9.03. The van der Waals surface area contributed by atoms with E-state index in [4.69, 9.17) is 5.73 Å². The molecule has 1 aromatic heterocycles. The molecule has 0 radical (unpaired) electrons. The third-order valence-corrected chi connectivity index (χ3v) is 4.11. The van der Waals surface area contributed by atoms with Crippen LogP contribution in [0.4, 0.5) is 0 Å². The Morgan fingerprint density at radius 1 is 1.32 bits per heavy atom. The smallest absolute Gasteiger partial charge is 0.240 e. The maximum Gasteiger partial charge on any atom is 0.240 e. The summed E-state index contributed by atoms with van der Waals surface area (Å²) in [6, 6.07) is 6.44. The first kappa shape index (κ1) is 13.7. The number of rotatable bonds is 5. The molecular formula is C11H15N5O2S. The highest BCUT2D eigenvalue weighted by Crippen LogP contribution is 2.10. The van der Waals surface area contributed by atoms with Gasteiger partial charge >= 0.3 is 0 Å². The van der Waals surface area contributed by atoms with Crippen molar-refractivity contribution in [3.05, 3.63) is 42.0 Å². The predicted octanol–water partition coefficient (Wildman–Crippen LogP) is -0.248. The summed E-state index contributed by atoms with van der Waals surface area (Å²) in [6.45, 7) is 0.476. The molecule has 1 heterocycles. The van der Waals surface area contributed by atoms with Gasteiger partial charge in [0.05, 0.1) is 11.4 Å². The molecule has 102 valence electrons. The monoisotopic (exact) mass is 281 g/mol. The molecule has 8 heteroatoms. The van der Waals surface area contributed by atoms with Crippen molar-refractivity contribution >= 4 is 10.0 Å². The van der Waals surface area contributed by atoms with Gasteiger partial charge in [0, 0.05) is 13.6 Å². The van der Waals surface area contributed by atoms with E-state index in [2.05, 4.69) is 14.9 Å². The second-order valence-electron chi connectivity index (χ2n) is 4.03. The van der Waals surface area contributed by atoms with Crippen LogP contribution < -0.4 is 10.5 Å². The average Bonchev–Trinajstić information content (AvgIpc) is 2.82. The first-order valence-corrected chi connectivity index (χ1v) is 7.13. The van der Waals surface area contributed by atoms with E-state index in [1.165, 1.54) is 18.5 Å². The van der Waals surface area contributed by atoms with E-state index >= 15 is 0 Å². The van der Waals surface area contributed by atoms with Crippen LogP contribution in [0, 0.1) is 0 Å². The minimum atomic E-state index is -3.55. The van der Waals surface area contributed by atoms with E-state index in [0.29, 0.717) is 12.4 Å². The van der Waals surface area contributed by atoms with E-state index < -0.39 is 10.0 Å². The Morgan fingerprint density at radius 2 is 2.00 bits per heavy atom. The molecule has 1 aromatic carbocycles. The SMILES string of the molecule is Cn1cnnc1CNS(=O)(=O)c1ccc(CN)cc1. The summed E-state index contributed by atoms with van der Waals surface area (Å²) >= 11 is 0. The lowest BCUT2D eigenvalue weighted by Gasteiger charge is -2.06. The molecule has 0 saturated carbocycles. The molecule has 0 bridgehead atoms. The van der Waals surface area contributed by atoms with Crippen molar-refractivity contribution < 1.29 is 8.42 Å². The molecule has 2 aromatic rings. The minimum absolute atomic E-state index is 0.0947. The minimum Gasteiger partial charge on any atom is -0.326 e. The number of nitrogens with two attached hydrogens (primary N) is 1. The van der Waals surface area contributed by atoms with Gasteiger partial charge in [-0.15, -0.1) is 10.2 Å². The van der Waals surface area contributed by atoms with Gasteiger partial charge in [0.15, 0.2) is 0 Å². The molecular weight excluding hydrogens is 266 g/mol. The topological polar surface area (TPSA) is 103 Å². The Kier molecular flexibility index (Phi) is 3.93. The summed E-state index contributed by atoms with van der Waals surface area (Å²) in [4.78, 5) is 0.201. The van der Waals surface area contributed by atoms with E-state index in [9.17, 15) is 8.42 Å². The van der Waals surface area contributed by atoms with Crippen LogP contribution in [-0.4, -0.2) is 23.2 Å². The summed E-state index contributed by atoms with van der Waals surface area (Å²) in [5.41, 5.74) is 6.35. The summed E-state index contributed by atoms with van der Waals surface area (Å²) in [5.74, 6) is 0.544. The number of nitrogens with zero attached hydrogens (tertiary/aromatic N) is 3. The van der Waals surface area contributed by atoms with Crippen LogP contribution in [0.25, 0.3) is 0 Å². The average molecular weight is 281 g/mol. The van der Waals surface area contributed by atoms with Gasteiger partial charge in [0.1, 0.15) is 12.2 Å². The fraction of sp³-hybridized carbons (Fsp3) is 0.273. The molecule has 0 saturated heterocycles. The molecule has 2 rings (SSSR count). The zero-order valence-corrected chi connectivity index (χ0v) is 11.3. The molecule has 0 aliphatic rings. The van der Waals surface area contributed by atoms with E-state index in [1.807, 2.05) is 0 Å². The Labute approximate surface area is 111 Å². The first-order valence-electron chi connectivity index (χ1n) is 5.64. The predicted molar refractivity (Wildman–Crippen MR) is 69.4 cm³/mol. The van der Waals surface area contributed by atoms with Crippen LogP contribution in [0.3, 0.4) is 0 Å². The molecule has 0 atom stereocenters. The second-order valence-corrected chi connectivity index (χ2v) is 5.80. The van der Waals surface area contributed by atoms with Gasteiger partial charge in [-0.3, -0.25) is 0 Å². The maximum atomic E-state index is 12.0. The van der Waals surface area contributed by atoms with E-state index in [0.717, 1.165) is 5.56 Å². The van der Waals surface area contributed by atoms with Crippen molar-refractivity contribution in [2.45, 2.75) is 18.0 Å². The van der Waals surface area contributed by atoms with Crippen LogP contribution in [0.15, 0.2) is 35.5 Å². The summed E-state index contributed by atoms with van der Waals surface area (Å²) < 4.78 is 28.2. The Balaban J connectivity index is 2.11. The Bertz CT molecular complexity index is 648. The molecule has 0 fully saturated rings. The number of hydrogen-bond acceptors (Lipinski definition) is 5. The van der Waals surface area contributed by atoms with Gasteiger partial charge in [-0.1, -0.05) is 12.1 Å². The van der Waals surface area contributed by atoms with Crippen molar-refractivity contribution in [1.82, 2.24) is 19.5 Å². The van der Waals surface area contributed by atoms with E-state index in [1.54, 1.807) is 23.7 Å². The Hall–Kier alpha value is -1.77. The van der Waals surface area contributed by atoms with Gasteiger partial charge in [-0.25, -0.2) is 13.1 Å².